The minimum atomic E-state index is -2.90. The molecule has 2 atom stereocenters. The molecule has 0 radical (unpaired) electrons. The Labute approximate surface area is 220 Å². The predicted molar refractivity (Wildman–Crippen MR) is 155 cm³/mol. The lowest BCUT2D eigenvalue weighted by Crippen LogP contribution is -2.68. The molecule has 0 heterocycles. The van der Waals surface area contributed by atoms with Gasteiger partial charge in [0.05, 0.1) is 6.10 Å². The van der Waals surface area contributed by atoms with Crippen LogP contribution in [0.2, 0.25) is 23.2 Å². The Hall–Kier alpha value is -2.13. The first-order chi connectivity index (χ1) is 16.7. The lowest BCUT2D eigenvalue weighted by atomic mass is 10.1. The number of ketones is 1. The monoisotopic (exact) mass is 524 g/mol. The van der Waals surface area contributed by atoms with Gasteiger partial charge in [0, 0.05) is 12.8 Å². The molecule has 0 amide bonds. The number of hydrogen-bond donors (Lipinski definition) is 0. The van der Waals surface area contributed by atoms with Crippen molar-refractivity contribution in [1.82, 2.24) is 0 Å². The summed E-state index contributed by atoms with van der Waals surface area (Å²) in [4.78, 5) is 24.9. The van der Waals surface area contributed by atoms with E-state index in [4.69, 9.17) is 8.85 Å². The summed E-state index contributed by atoms with van der Waals surface area (Å²) in [7, 11) is -5.16. The molecular formula is C30H44O4Si2. The van der Waals surface area contributed by atoms with Gasteiger partial charge < -0.3 is 13.6 Å². The molecule has 0 aliphatic rings. The van der Waals surface area contributed by atoms with Crippen LogP contribution in [0.3, 0.4) is 0 Å². The van der Waals surface area contributed by atoms with E-state index in [-0.39, 0.29) is 22.3 Å². The highest BCUT2D eigenvalue weighted by atomic mass is 28.4. The van der Waals surface area contributed by atoms with Crippen LogP contribution in [-0.2, 0) is 18.4 Å². The average Bonchev–Trinajstić information content (AvgIpc) is 2.81. The highest BCUT2D eigenvalue weighted by Crippen LogP contribution is 2.40. The fraction of sp³-hybridized carbons (Fsp3) is 0.467. The van der Waals surface area contributed by atoms with E-state index in [9.17, 15) is 9.59 Å². The summed E-state index contributed by atoms with van der Waals surface area (Å²) in [6.07, 6.45) is 1.54. The second kappa shape index (κ2) is 11.9. The molecule has 2 rings (SSSR count). The fourth-order valence-electron chi connectivity index (χ4n) is 4.37. The van der Waals surface area contributed by atoms with E-state index in [1.165, 1.54) is 6.08 Å². The van der Waals surface area contributed by atoms with Crippen molar-refractivity contribution in [3.63, 3.8) is 0 Å². The van der Waals surface area contributed by atoms with Crippen LogP contribution in [0.25, 0.3) is 0 Å². The van der Waals surface area contributed by atoms with Gasteiger partial charge in [-0.25, -0.2) is 0 Å². The van der Waals surface area contributed by atoms with Crippen LogP contribution in [0, 0.1) is 0 Å². The van der Waals surface area contributed by atoms with Gasteiger partial charge in [-0.2, -0.15) is 0 Å². The van der Waals surface area contributed by atoms with Crippen molar-refractivity contribution in [2.75, 3.05) is 0 Å². The molecule has 0 unspecified atom stereocenters. The SMILES string of the molecule is C=CC(=O)[C@H](C[C@@H](CC=O)O[Si](c1ccccc1)(c1ccccc1)C(C)(C)C)O[Si](C)(C)C(C)(C)C. The summed E-state index contributed by atoms with van der Waals surface area (Å²) in [6.45, 7) is 21.0. The topological polar surface area (TPSA) is 52.6 Å². The molecule has 196 valence electrons. The molecule has 36 heavy (non-hydrogen) atoms. The smallest absolute Gasteiger partial charge is 0.261 e. The van der Waals surface area contributed by atoms with Gasteiger partial charge in [0.15, 0.2) is 14.1 Å². The molecule has 4 nitrogen and oxygen atoms in total. The molecule has 0 fully saturated rings. The molecular weight excluding hydrogens is 480 g/mol. The molecule has 0 saturated carbocycles. The normalized spacial score (nSPS) is 14.7. The van der Waals surface area contributed by atoms with E-state index in [0.717, 1.165) is 16.7 Å². The van der Waals surface area contributed by atoms with Crippen molar-refractivity contribution < 1.29 is 18.4 Å². The fourth-order valence-corrected chi connectivity index (χ4v) is 10.4. The summed E-state index contributed by atoms with van der Waals surface area (Å²) < 4.78 is 13.8. The number of aldehydes is 1. The molecule has 0 aliphatic carbocycles. The molecule has 0 spiro atoms. The highest BCUT2D eigenvalue weighted by molar-refractivity contribution is 6.99. The third kappa shape index (κ3) is 6.79. The Kier molecular flexibility index (Phi) is 9.99. The zero-order valence-electron chi connectivity index (χ0n) is 23.3. The van der Waals surface area contributed by atoms with E-state index < -0.39 is 28.8 Å². The Bertz CT molecular complexity index is 965. The third-order valence-corrected chi connectivity index (χ3v) is 16.9. The number of benzene rings is 2. The van der Waals surface area contributed by atoms with Crippen molar-refractivity contribution in [3.05, 3.63) is 73.3 Å². The standard InChI is InChI=1S/C30H44O4Si2/c1-10-27(32)28(34-35(8,9)29(2,3)4)23-24(21-22-31)33-36(30(5,6)7,25-17-13-11-14-18-25)26-19-15-12-16-20-26/h10-20,22,24,28H,1,21,23H2,2-9H3/t24-,28+/m1/s1. The average molecular weight is 525 g/mol. The Balaban J connectivity index is 2.61. The van der Waals surface area contributed by atoms with Gasteiger partial charge in [0.25, 0.3) is 8.32 Å². The second-order valence-electron chi connectivity index (χ2n) is 12.0. The first-order valence-corrected chi connectivity index (χ1v) is 17.6. The molecule has 0 aromatic heterocycles. The minimum absolute atomic E-state index is 0.0638. The van der Waals surface area contributed by atoms with E-state index in [1.54, 1.807) is 0 Å². The van der Waals surface area contributed by atoms with Gasteiger partial charge in [-0.3, -0.25) is 4.79 Å². The van der Waals surface area contributed by atoms with Crippen molar-refractivity contribution in [3.8, 4) is 0 Å². The largest absolute Gasteiger partial charge is 0.406 e. The number of rotatable bonds is 12. The molecule has 6 heteroatoms. The number of carbonyl (C=O) groups is 2. The first-order valence-electron chi connectivity index (χ1n) is 12.8. The molecule has 0 saturated heterocycles. The maximum absolute atomic E-state index is 13.0. The van der Waals surface area contributed by atoms with Gasteiger partial charge in [-0.15, -0.1) is 0 Å². The maximum atomic E-state index is 13.0. The van der Waals surface area contributed by atoms with Crippen LogP contribution in [0.5, 0.6) is 0 Å². The number of carbonyl (C=O) groups excluding carboxylic acids is 2. The summed E-state index contributed by atoms with van der Waals surface area (Å²) >= 11 is 0. The summed E-state index contributed by atoms with van der Waals surface area (Å²) in [5.74, 6) is -0.165. The Morgan fingerprint density at radius 1 is 0.861 bits per heavy atom. The van der Waals surface area contributed by atoms with Gasteiger partial charge in [0.1, 0.15) is 12.4 Å². The second-order valence-corrected chi connectivity index (χ2v) is 21.0. The quantitative estimate of drug-likeness (QED) is 0.192. The third-order valence-electron chi connectivity index (χ3n) is 7.36. The van der Waals surface area contributed by atoms with Crippen molar-refractivity contribution in [2.24, 2.45) is 0 Å². The summed E-state index contributed by atoms with van der Waals surface area (Å²) in [5, 5.41) is 1.97. The minimum Gasteiger partial charge on any atom is -0.406 e. The maximum Gasteiger partial charge on any atom is 0.261 e. The number of hydrogen-bond acceptors (Lipinski definition) is 4. The summed E-state index contributed by atoms with van der Waals surface area (Å²) in [5.41, 5.74) is 0. The van der Waals surface area contributed by atoms with E-state index in [2.05, 4.69) is 85.5 Å². The zero-order chi connectivity index (χ0) is 27.2. The van der Waals surface area contributed by atoms with Crippen LogP contribution in [0.15, 0.2) is 73.3 Å². The Morgan fingerprint density at radius 2 is 1.33 bits per heavy atom. The van der Waals surface area contributed by atoms with Crippen LogP contribution >= 0.6 is 0 Å². The van der Waals surface area contributed by atoms with Crippen LogP contribution in [-0.4, -0.2) is 40.9 Å². The molecule has 0 aliphatic heterocycles. The predicted octanol–water partition coefficient (Wildman–Crippen LogP) is 6.06. The van der Waals surface area contributed by atoms with Crippen LogP contribution in [0.4, 0.5) is 0 Å². The van der Waals surface area contributed by atoms with Gasteiger partial charge >= 0.3 is 0 Å². The zero-order valence-corrected chi connectivity index (χ0v) is 25.3. The summed E-state index contributed by atoms with van der Waals surface area (Å²) in [6, 6.07) is 20.7. The van der Waals surface area contributed by atoms with Gasteiger partial charge in [-0.05, 0) is 39.6 Å². The first kappa shape index (κ1) is 30.1. The van der Waals surface area contributed by atoms with E-state index in [0.29, 0.717) is 6.42 Å². The van der Waals surface area contributed by atoms with Crippen molar-refractivity contribution in [1.29, 1.82) is 0 Å². The molecule has 2 aromatic rings. The van der Waals surface area contributed by atoms with Crippen LogP contribution in [0.1, 0.15) is 54.4 Å². The van der Waals surface area contributed by atoms with Crippen molar-refractivity contribution in [2.45, 2.75) is 89.8 Å². The van der Waals surface area contributed by atoms with E-state index in [1.807, 2.05) is 36.4 Å². The van der Waals surface area contributed by atoms with Crippen LogP contribution < -0.4 is 10.4 Å². The lowest BCUT2D eigenvalue weighted by Gasteiger charge is -2.46. The molecule has 2 aromatic carbocycles. The molecule has 0 N–H and O–H groups in total. The van der Waals surface area contributed by atoms with Gasteiger partial charge in [-0.1, -0.05) is 109 Å². The van der Waals surface area contributed by atoms with E-state index >= 15 is 0 Å². The highest BCUT2D eigenvalue weighted by Gasteiger charge is 2.52. The molecule has 0 bridgehead atoms. The van der Waals surface area contributed by atoms with Gasteiger partial charge in [0.2, 0.25) is 0 Å². The van der Waals surface area contributed by atoms with Crippen molar-refractivity contribution >= 4 is 39.1 Å². The Morgan fingerprint density at radius 3 is 1.69 bits per heavy atom. The lowest BCUT2D eigenvalue weighted by molar-refractivity contribution is -0.123.